The number of halogens is 1. The molecule has 1 atom stereocenters. The van der Waals surface area contributed by atoms with E-state index < -0.39 is 17.7 Å². The molecule has 23 heavy (non-hydrogen) atoms. The number of ether oxygens (including phenoxy) is 2. The Morgan fingerprint density at radius 2 is 2.04 bits per heavy atom. The van der Waals surface area contributed by atoms with E-state index >= 15 is 0 Å². The first kappa shape index (κ1) is 17.9. The van der Waals surface area contributed by atoms with Gasteiger partial charge in [-0.25, -0.2) is 4.79 Å². The van der Waals surface area contributed by atoms with Crippen LogP contribution in [0.4, 0.5) is 4.79 Å². The molecule has 0 bridgehead atoms. The fourth-order valence-corrected chi connectivity index (χ4v) is 2.78. The van der Waals surface area contributed by atoms with Crippen LogP contribution in [0.1, 0.15) is 26.3 Å². The standard InChI is InChI=1S/C17H22BrNO4/c1-17(2,3)23-16(21)19-8-9-22-11-14(19)15(20)10-12-6-4-5-7-13(12)18/h4-7,14H,8-11H2,1-3H3. The highest BCUT2D eigenvalue weighted by molar-refractivity contribution is 9.10. The highest BCUT2D eigenvalue weighted by Crippen LogP contribution is 2.20. The lowest BCUT2D eigenvalue weighted by Crippen LogP contribution is -2.54. The van der Waals surface area contributed by atoms with Gasteiger partial charge in [0.1, 0.15) is 11.6 Å². The summed E-state index contributed by atoms with van der Waals surface area (Å²) in [4.78, 5) is 26.5. The number of benzene rings is 1. The Bertz CT molecular complexity index is 582. The summed E-state index contributed by atoms with van der Waals surface area (Å²) >= 11 is 3.44. The number of rotatable bonds is 3. The van der Waals surface area contributed by atoms with Gasteiger partial charge in [-0.3, -0.25) is 9.69 Å². The second-order valence-electron chi connectivity index (χ2n) is 6.50. The molecule has 1 unspecified atom stereocenters. The minimum Gasteiger partial charge on any atom is -0.444 e. The van der Waals surface area contributed by atoms with Gasteiger partial charge in [-0.05, 0) is 32.4 Å². The lowest BCUT2D eigenvalue weighted by atomic mass is 10.0. The van der Waals surface area contributed by atoms with Gasteiger partial charge < -0.3 is 9.47 Å². The van der Waals surface area contributed by atoms with Crippen molar-refractivity contribution in [2.24, 2.45) is 0 Å². The van der Waals surface area contributed by atoms with E-state index in [4.69, 9.17) is 9.47 Å². The highest BCUT2D eigenvalue weighted by Gasteiger charge is 2.35. The van der Waals surface area contributed by atoms with Crippen LogP contribution in [0.25, 0.3) is 0 Å². The SMILES string of the molecule is CC(C)(C)OC(=O)N1CCOCC1C(=O)Cc1ccccc1Br. The van der Waals surface area contributed by atoms with Crippen LogP contribution in [0.15, 0.2) is 28.7 Å². The molecule has 0 saturated carbocycles. The summed E-state index contributed by atoms with van der Waals surface area (Å²) in [5.41, 5.74) is 0.304. The van der Waals surface area contributed by atoms with E-state index in [9.17, 15) is 9.59 Å². The van der Waals surface area contributed by atoms with Crippen molar-refractivity contribution < 1.29 is 19.1 Å². The lowest BCUT2D eigenvalue weighted by Gasteiger charge is -2.35. The van der Waals surface area contributed by atoms with Crippen LogP contribution in [0, 0.1) is 0 Å². The average molecular weight is 384 g/mol. The molecule has 0 radical (unpaired) electrons. The fraction of sp³-hybridized carbons (Fsp3) is 0.529. The molecule has 0 aliphatic carbocycles. The quantitative estimate of drug-likeness (QED) is 0.803. The number of morpholine rings is 1. The number of amides is 1. The minimum atomic E-state index is -0.606. The molecule has 1 aromatic carbocycles. The molecule has 6 heteroatoms. The highest BCUT2D eigenvalue weighted by atomic mass is 79.9. The predicted octanol–water partition coefficient (Wildman–Crippen LogP) is 3.20. The summed E-state index contributed by atoms with van der Waals surface area (Å²) in [5.74, 6) is -0.0533. The largest absolute Gasteiger partial charge is 0.444 e. The van der Waals surface area contributed by atoms with Crippen molar-refractivity contribution >= 4 is 27.8 Å². The first-order valence-electron chi connectivity index (χ1n) is 7.61. The zero-order valence-corrected chi connectivity index (χ0v) is 15.3. The van der Waals surface area contributed by atoms with Crippen molar-refractivity contribution in [3.63, 3.8) is 0 Å². The van der Waals surface area contributed by atoms with Gasteiger partial charge in [0, 0.05) is 17.4 Å². The monoisotopic (exact) mass is 383 g/mol. The Morgan fingerprint density at radius 3 is 2.70 bits per heavy atom. The molecule has 0 aromatic heterocycles. The second-order valence-corrected chi connectivity index (χ2v) is 7.35. The summed E-state index contributed by atoms with van der Waals surface area (Å²) in [7, 11) is 0. The number of nitrogens with zero attached hydrogens (tertiary/aromatic N) is 1. The van der Waals surface area contributed by atoms with Gasteiger partial charge >= 0.3 is 6.09 Å². The van der Waals surface area contributed by atoms with Gasteiger partial charge in [0.15, 0.2) is 5.78 Å². The van der Waals surface area contributed by atoms with Gasteiger partial charge in [0.25, 0.3) is 0 Å². The summed E-state index contributed by atoms with van der Waals surface area (Å²) in [6.07, 6.45) is -0.222. The van der Waals surface area contributed by atoms with Gasteiger partial charge in [-0.2, -0.15) is 0 Å². The van der Waals surface area contributed by atoms with Crippen LogP contribution in [-0.2, 0) is 20.7 Å². The Balaban J connectivity index is 2.10. The minimum absolute atomic E-state index is 0.0533. The lowest BCUT2D eigenvalue weighted by molar-refractivity contribution is -0.129. The van der Waals surface area contributed by atoms with Crippen molar-refractivity contribution in [2.45, 2.75) is 38.8 Å². The predicted molar refractivity (Wildman–Crippen MR) is 90.4 cm³/mol. The average Bonchev–Trinajstić information content (AvgIpc) is 2.48. The van der Waals surface area contributed by atoms with Gasteiger partial charge in [0.05, 0.1) is 13.2 Å². The second kappa shape index (κ2) is 7.45. The maximum atomic E-state index is 12.6. The van der Waals surface area contributed by atoms with Crippen LogP contribution in [0.2, 0.25) is 0 Å². The van der Waals surface area contributed by atoms with E-state index in [0.29, 0.717) is 13.2 Å². The van der Waals surface area contributed by atoms with Crippen LogP contribution < -0.4 is 0 Å². The van der Waals surface area contributed by atoms with Crippen molar-refractivity contribution in [2.75, 3.05) is 19.8 Å². The molecule has 1 amide bonds. The van der Waals surface area contributed by atoms with E-state index in [1.165, 1.54) is 4.90 Å². The molecule has 1 aliphatic rings. The third kappa shape index (κ3) is 5.04. The molecule has 0 N–H and O–H groups in total. The van der Waals surface area contributed by atoms with Crippen LogP contribution >= 0.6 is 15.9 Å². The number of carbonyl (C=O) groups excluding carboxylic acids is 2. The Hall–Kier alpha value is -1.40. The van der Waals surface area contributed by atoms with E-state index in [0.717, 1.165) is 10.0 Å². The van der Waals surface area contributed by atoms with Crippen LogP contribution in [-0.4, -0.2) is 48.2 Å². The number of hydrogen-bond donors (Lipinski definition) is 0. The Morgan fingerprint density at radius 1 is 1.35 bits per heavy atom. The van der Waals surface area contributed by atoms with Crippen molar-refractivity contribution in [3.05, 3.63) is 34.3 Å². The summed E-state index contributed by atoms with van der Waals surface area (Å²) in [6, 6.07) is 6.96. The molecule has 2 rings (SSSR count). The summed E-state index contributed by atoms with van der Waals surface area (Å²) < 4.78 is 11.7. The van der Waals surface area contributed by atoms with Gasteiger partial charge in [-0.15, -0.1) is 0 Å². The van der Waals surface area contributed by atoms with Gasteiger partial charge in [0.2, 0.25) is 0 Å². The zero-order chi connectivity index (χ0) is 17.0. The normalized spacial score (nSPS) is 18.6. The van der Waals surface area contributed by atoms with Crippen LogP contribution in [0.3, 0.4) is 0 Å². The number of hydrogen-bond acceptors (Lipinski definition) is 4. The molecule has 1 aliphatic heterocycles. The third-order valence-electron chi connectivity index (χ3n) is 3.45. The number of ketones is 1. The Kier molecular flexibility index (Phi) is 5.81. The molecule has 126 valence electrons. The summed E-state index contributed by atoms with van der Waals surface area (Å²) in [5, 5.41) is 0. The van der Waals surface area contributed by atoms with Crippen molar-refractivity contribution in [1.29, 1.82) is 0 Å². The molecule has 5 nitrogen and oxygen atoms in total. The summed E-state index contributed by atoms with van der Waals surface area (Å²) in [6.45, 7) is 6.41. The number of Topliss-reactive ketones (excluding diaryl/α,β-unsaturated/α-hetero) is 1. The maximum Gasteiger partial charge on any atom is 0.411 e. The first-order valence-corrected chi connectivity index (χ1v) is 8.41. The molecule has 1 fully saturated rings. The number of carbonyl (C=O) groups is 2. The smallest absolute Gasteiger partial charge is 0.411 e. The molecular formula is C17H22BrNO4. The first-order chi connectivity index (χ1) is 10.8. The van der Waals surface area contributed by atoms with E-state index in [2.05, 4.69) is 15.9 Å². The third-order valence-corrected chi connectivity index (χ3v) is 4.22. The van der Waals surface area contributed by atoms with E-state index in [1.54, 1.807) is 0 Å². The van der Waals surface area contributed by atoms with E-state index in [-0.39, 0.29) is 18.8 Å². The molecule has 1 saturated heterocycles. The maximum absolute atomic E-state index is 12.6. The molecule has 0 spiro atoms. The zero-order valence-electron chi connectivity index (χ0n) is 13.7. The van der Waals surface area contributed by atoms with Crippen molar-refractivity contribution in [3.8, 4) is 0 Å². The van der Waals surface area contributed by atoms with E-state index in [1.807, 2.05) is 45.0 Å². The molecular weight excluding hydrogens is 362 g/mol. The fourth-order valence-electron chi connectivity index (χ4n) is 2.36. The van der Waals surface area contributed by atoms with Crippen molar-refractivity contribution in [1.82, 2.24) is 4.90 Å². The van der Waals surface area contributed by atoms with Gasteiger partial charge in [-0.1, -0.05) is 34.1 Å². The molecule has 1 heterocycles. The topological polar surface area (TPSA) is 55.8 Å². The molecule has 1 aromatic rings. The Labute approximate surface area is 145 Å². The van der Waals surface area contributed by atoms with Crippen LogP contribution in [0.5, 0.6) is 0 Å².